The van der Waals surface area contributed by atoms with Gasteiger partial charge < -0.3 is 4.42 Å². The van der Waals surface area contributed by atoms with Gasteiger partial charge in [0.05, 0.1) is 12.0 Å². The maximum Gasteiger partial charge on any atom is 0.322 e. The molecule has 0 aliphatic carbocycles. The molecule has 3 rings (SSSR count). The van der Waals surface area contributed by atoms with Crippen molar-refractivity contribution in [3.05, 3.63) is 58.1 Å². The molecule has 0 unspecified atom stereocenters. The Hall–Kier alpha value is -2.12. The summed E-state index contributed by atoms with van der Waals surface area (Å²) in [4.78, 5) is 14.3. The van der Waals surface area contributed by atoms with Crippen LogP contribution in [0.15, 0.2) is 51.1 Å². The second-order valence-electron chi connectivity index (χ2n) is 4.41. The number of rotatable bonds is 5. The van der Waals surface area contributed by atoms with Gasteiger partial charge in [0, 0.05) is 9.77 Å². The number of hydrogen-bond donors (Lipinski definition) is 1. The highest BCUT2D eigenvalue weighted by molar-refractivity contribution is 7.98. The van der Waals surface area contributed by atoms with E-state index < -0.39 is 0 Å². The maximum absolute atomic E-state index is 12.3. The van der Waals surface area contributed by atoms with Gasteiger partial charge in [-0.2, -0.15) is 0 Å². The highest BCUT2D eigenvalue weighted by Gasteiger charge is 2.14. The van der Waals surface area contributed by atoms with Crippen LogP contribution in [-0.2, 0) is 6.42 Å². The first-order chi connectivity index (χ1) is 10.8. The van der Waals surface area contributed by atoms with Gasteiger partial charge in [0.15, 0.2) is 0 Å². The lowest BCUT2D eigenvalue weighted by Crippen LogP contribution is -2.13. The third kappa shape index (κ3) is 3.37. The van der Waals surface area contributed by atoms with E-state index in [2.05, 4.69) is 15.5 Å². The first-order valence-electron chi connectivity index (χ1n) is 6.55. The first-order valence-corrected chi connectivity index (χ1v) is 8.66. The molecule has 0 atom stereocenters. The van der Waals surface area contributed by atoms with Gasteiger partial charge in [0.2, 0.25) is 5.89 Å². The van der Waals surface area contributed by atoms with Gasteiger partial charge in [-0.25, -0.2) is 0 Å². The summed E-state index contributed by atoms with van der Waals surface area (Å²) in [7, 11) is 0. The summed E-state index contributed by atoms with van der Waals surface area (Å²) < 4.78 is 5.47. The molecule has 5 nitrogen and oxygen atoms in total. The summed E-state index contributed by atoms with van der Waals surface area (Å²) >= 11 is 3.14. The number of thioether (sulfide) groups is 1. The minimum absolute atomic E-state index is 0.118. The normalized spacial score (nSPS) is 10.6. The highest BCUT2D eigenvalue weighted by Crippen LogP contribution is 2.21. The van der Waals surface area contributed by atoms with Gasteiger partial charge in [-0.1, -0.05) is 23.3 Å². The van der Waals surface area contributed by atoms with Crippen LogP contribution >= 0.6 is 23.1 Å². The van der Waals surface area contributed by atoms with Crippen molar-refractivity contribution in [1.29, 1.82) is 0 Å². The van der Waals surface area contributed by atoms with Crippen LogP contribution in [0.5, 0.6) is 0 Å². The van der Waals surface area contributed by atoms with Crippen LogP contribution in [0.1, 0.15) is 21.1 Å². The quantitative estimate of drug-likeness (QED) is 0.722. The van der Waals surface area contributed by atoms with Crippen molar-refractivity contribution in [1.82, 2.24) is 10.2 Å². The number of aromatic nitrogens is 2. The molecule has 0 saturated heterocycles. The summed E-state index contributed by atoms with van der Waals surface area (Å²) in [5, 5.41) is 12.5. The smallest absolute Gasteiger partial charge is 0.322 e. The Bertz CT molecular complexity index is 769. The molecule has 2 heterocycles. The van der Waals surface area contributed by atoms with E-state index >= 15 is 0 Å². The lowest BCUT2D eigenvalue weighted by atomic mass is 10.2. The van der Waals surface area contributed by atoms with E-state index in [9.17, 15) is 4.79 Å². The fourth-order valence-corrected chi connectivity index (χ4v) is 3.23. The number of thiophene rings is 1. The number of nitrogens with zero attached hydrogens (tertiary/aromatic N) is 2. The Morgan fingerprint density at radius 1 is 1.27 bits per heavy atom. The highest BCUT2D eigenvalue weighted by atomic mass is 32.2. The van der Waals surface area contributed by atoms with Crippen molar-refractivity contribution in [2.75, 3.05) is 11.6 Å². The van der Waals surface area contributed by atoms with Crippen LogP contribution < -0.4 is 5.32 Å². The predicted octanol–water partition coefficient (Wildman–Crippen LogP) is 3.70. The molecule has 0 fully saturated rings. The van der Waals surface area contributed by atoms with Gasteiger partial charge in [-0.3, -0.25) is 10.1 Å². The molecule has 0 aliphatic heterocycles. The lowest BCUT2D eigenvalue weighted by molar-refractivity contribution is 0.102. The van der Waals surface area contributed by atoms with Gasteiger partial charge in [-0.15, -0.1) is 28.2 Å². The summed E-state index contributed by atoms with van der Waals surface area (Å²) in [6.07, 6.45) is 2.50. The molecule has 1 aromatic carbocycles. The molecule has 0 spiro atoms. The molecule has 1 N–H and O–H groups in total. The third-order valence-corrected chi connectivity index (χ3v) is 4.62. The Labute approximate surface area is 135 Å². The molecule has 112 valence electrons. The first kappa shape index (κ1) is 14.8. The van der Waals surface area contributed by atoms with Crippen LogP contribution in [0.4, 0.5) is 6.01 Å². The summed E-state index contributed by atoms with van der Waals surface area (Å²) in [6, 6.07) is 11.5. The van der Waals surface area contributed by atoms with E-state index in [0.717, 1.165) is 9.77 Å². The molecule has 22 heavy (non-hydrogen) atoms. The van der Waals surface area contributed by atoms with Crippen LogP contribution in [0, 0.1) is 0 Å². The standard InChI is InChI=1S/C15H13N3O2S2/c1-21-12-7-3-2-6-11(12)14(19)16-15-18-17-13(20-15)9-10-5-4-8-22-10/h2-8H,9H2,1H3,(H,16,18,19). The Morgan fingerprint density at radius 2 is 2.14 bits per heavy atom. The van der Waals surface area contributed by atoms with Crippen LogP contribution in [0.3, 0.4) is 0 Å². The van der Waals surface area contributed by atoms with Crippen molar-refractivity contribution in [2.45, 2.75) is 11.3 Å². The molecule has 0 bridgehead atoms. The third-order valence-electron chi connectivity index (χ3n) is 2.94. The molecule has 0 radical (unpaired) electrons. The van der Waals surface area contributed by atoms with Crippen molar-refractivity contribution < 1.29 is 9.21 Å². The summed E-state index contributed by atoms with van der Waals surface area (Å²) in [5.41, 5.74) is 0.591. The molecule has 0 saturated carbocycles. The number of nitrogens with one attached hydrogen (secondary N) is 1. The topological polar surface area (TPSA) is 68.0 Å². The average Bonchev–Trinajstić information content (AvgIpc) is 3.20. The molecular formula is C15H13N3O2S2. The number of carbonyl (C=O) groups excluding carboxylic acids is 1. The zero-order chi connectivity index (χ0) is 15.4. The second-order valence-corrected chi connectivity index (χ2v) is 6.29. The number of amides is 1. The molecule has 2 aromatic heterocycles. The average molecular weight is 331 g/mol. The Balaban J connectivity index is 1.70. The number of anilines is 1. The molecule has 7 heteroatoms. The molecule has 1 amide bonds. The zero-order valence-corrected chi connectivity index (χ0v) is 13.4. The van der Waals surface area contributed by atoms with Crippen LogP contribution in [-0.4, -0.2) is 22.4 Å². The largest absolute Gasteiger partial charge is 0.407 e. The van der Waals surface area contributed by atoms with Crippen LogP contribution in [0.25, 0.3) is 0 Å². The van der Waals surface area contributed by atoms with E-state index in [0.29, 0.717) is 17.9 Å². The monoisotopic (exact) mass is 331 g/mol. The summed E-state index contributed by atoms with van der Waals surface area (Å²) in [6.45, 7) is 0. The predicted molar refractivity (Wildman–Crippen MR) is 87.6 cm³/mol. The number of carbonyl (C=O) groups is 1. The van der Waals surface area contributed by atoms with E-state index in [1.54, 1.807) is 17.4 Å². The zero-order valence-electron chi connectivity index (χ0n) is 11.8. The SMILES string of the molecule is CSc1ccccc1C(=O)Nc1nnc(Cc2cccs2)o1. The number of hydrogen-bond acceptors (Lipinski definition) is 6. The second kappa shape index (κ2) is 6.76. The minimum atomic E-state index is -0.253. The van der Waals surface area contributed by atoms with E-state index in [1.807, 2.05) is 42.0 Å². The molecule has 0 aliphatic rings. The van der Waals surface area contributed by atoms with E-state index in [-0.39, 0.29) is 11.9 Å². The van der Waals surface area contributed by atoms with E-state index in [1.165, 1.54) is 11.8 Å². The summed E-state index contributed by atoms with van der Waals surface area (Å²) in [5.74, 6) is 0.229. The fraction of sp³-hybridized carbons (Fsp3) is 0.133. The van der Waals surface area contributed by atoms with Crippen LogP contribution in [0.2, 0.25) is 0 Å². The maximum atomic E-state index is 12.3. The number of benzene rings is 1. The Kier molecular flexibility index (Phi) is 4.55. The van der Waals surface area contributed by atoms with Gasteiger partial charge in [0.1, 0.15) is 0 Å². The van der Waals surface area contributed by atoms with Gasteiger partial charge in [0.25, 0.3) is 5.91 Å². The van der Waals surface area contributed by atoms with Crippen molar-refractivity contribution in [3.63, 3.8) is 0 Å². The van der Waals surface area contributed by atoms with Crippen molar-refractivity contribution in [2.24, 2.45) is 0 Å². The van der Waals surface area contributed by atoms with Crippen molar-refractivity contribution >= 4 is 35.0 Å². The Morgan fingerprint density at radius 3 is 2.91 bits per heavy atom. The van der Waals surface area contributed by atoms with Gasteiger partial charge >= 0.3 is 6.01 Å². The molecule has 3 aromatic rings. The fourth-order valence-electron chi connectivity index (χ4n) is 1.93. The minimum Gasteiger partial charge on any atom is -0.407 e. The van der Waals surface area contributed by atoms with Gasteiger partial charge in [-0.05, 0) is 29.8 Å². The van der Waals surface area contributed by atoms with Crippen molar-refractivity contribution in [3.8, 4) is 0 Å². The molecular weight excluding hydrogens is 318 g/mol. The lowest BCUT2D eigenvalue weighted by Gasteiger charge is -2.05. The van der Waals surface area contributed by atoms with E-state index in [4.69, 9.17) is 4.42 Å².